The first kappa shape index (κ1) is 17.3. The Bertz CT molecular complexity index is 750. The maximum absolute atomic E-state index is 12.5. The SMILES string of the molecule is CCCCNC(=O)C1(c2cc(-c3ccc(OC)c(OC)c3)on2)CC1. The van der Waals surface area contributed by atoms with Crippen molar-refractivity contribution in [3.8, 4) is 22.8 Å². The highest BCUT2D eigenvalue weighted by Gasteiger charge is 2.53. The van der Waals surface area contributed by atoms with Gasteiger partial charge in [0.25, 0.3) is 0 Å². The summed E-state index contributed by atoms with van der Waals surface area (Å²) in [7, 11) is 3.19. The molecule has 0 saturated heterocycles. The highest BCUT2D eigenvalue weighted by molar-refractivity contribution is 5.91. The maximum Gasteiger partial charge on any atom is 0.232 e. The third-order valence-electron chi connectivity index (χ3n) is 4.67. The predicted octanol–water partition coefficient (Wildman–Crippen LogP) is 3.31. The summed E-state index contributed by atoms with van der Waals surface area (Å²) in [5.41, 5.74) is 1.01. The molecule has 1 aliphatic rings. The first-order chi connectivity index (χ1) is 12.1. The standard InChI is InChI=1S/C19H24N2O4/c1-4-5-10-20-18(22)19(8-9-19)17-12-15(25-21-17)13-6-7-14(23-2)16(11-13)24-3/h6-7,11-12H,4-5,8-10H2,1-3H3,(H,20,22). The molecule has 1 aliphatic carbocycles. The van der Waals surface area contributed by atoms with E-state index >= 15 is 0 Å². The fourth-order valence-electron chi connectivity index (χ4n) is 2.90. The van der Waals surface area contributed by atoms with Gasteiger partial charge in [-0.05, 0) is 37.5 Å². The van der Waals surface area contributed by atoms with Crippen LogP contribution in [-0.2, 0) is 10.2 Å². The first-order valence-corrected chi connectivity index (χ1v) is 8.62. The minimum Gasteiger partial charge on any atom is -0.493 e. The molecule has 0 radical (unpaired) electrons. The molecule has 0 aliphatic heterocycles. The lowest BCUT2D eigenvalue weighted by Crippen LogP contribution is -2.35. The molecule has 6 heteroatoms. The predicted molar refractivity (Wildman–Crippen MR) is 93.9 cm³/mol. The fraction of sp³-hybridized carbons (Fsp3) is 0.474. The van der Waals surface area contributed by atoms with E-state index in [2.05, 4.69) is 17.4 Å². The quantitative estimate of drug-likeness (QED) is 0.744. The zero-order valence-electron chi connectivity index (χ0n) is 14.9. The van der Waals surface area contributed by atoms with E-state index < -0.39 is 5.41 Å². The molecule has 0 unspecified atom stereocenters. The number of hydrogen-bond acceptors (Lipinski definition) is 5. The number of amides is 1. The van der Waals surface area contributed by atoms with E-state index in [-0.39, 0.29) is 5.91 Å². The molecule has 1 aromatic heterocycles. The van der Waals surface area contributed by atoms with E-state index in [1.54, 1.807) is 14.2 Å². The zero-order chi connectivity index (χ0) is 17.9. The van der Waals surface area contributed by atoms with Gasteiger partial charge in [0.1, 0.15) is 0 Å². The highest BCUT2D eigenvalue weighted by Crippen LogP contribution is 2.48. The van der Waals surface area contributed by atoms with E-state index in [0.29, 0.717) is 29.5 Å². The van der Waals surface area contributed by atoms with Crippen LogP contribution in [0.3, 0.4) is 0 Å². The highest BCUT2D eigenvalue weighted by atomic mass is 16.5. The van der Waals surface area contributed by atoms with E-state index in [1.165, 1.54) is 0 Å². The lowest BCUT2D eigenvalue weighted by molar-refractivity contribution is -0.123. The van der Waals surface area contributed by atoms with Crippen LogP contribution in [-0.4, -0.2) is 31.8 Å². The van der Waals surface area contributed by atoms with Crippen molar-refractivity contribution in [2.75, 3.05) is 20.8 Å². The second-order valence-electron chi connectivity index (χ2n) is 6.34. The van der Waals surface area contributed by atoms with E-state index in [1.807, 2.05) is 24.3 Å². The summed E-state index contributed by atoms with van der Waals surface area (Å²) < 4.78 is 16.1. The van der Waals surface area contributed by atoms with Gasteiger partial charge in [0.2, 0.25) is 5.91 Å². The van der Waals surface area contributed by atoms with Crippen molar-refractivity contribution in [1.29, 1.82) is 0 Å². The largest absolute Gasteiger partial charge is 0.493 e. The van der Waals surface area contributed by atoms with Gasteiger partial charge in [0, 0.05) is 18.2 Å². The Morgan fingerprint density at radius 2 is 2.00 bits per heavy atom. The molecular weight excluding hydrogens is 320 g/mol. The molecule has 1 saturated carbocycles. The van der Waals surface area contributed by atoms with Gasteiger partial charge in [-0.3, -0.25) is 4.79 Å². The van der Waals surface area contributed by atoms with Gasteiger partial charge in [-0.25, -0.2) is 0 Å². The van der Waals surface area contributed by atoms with Gasteiger partial charge in [-0.1, -0.05) is 18.5 Å². The summed E-state index contributed by atoms with van der Waals surface area (Å²) in [6, 6.07) is 7.39. The van der Waals surface area contributed by atoms with Crippen LogP contribution in [0.4, 0.5) is 0 Å². The Labute approximate surface area is 147 Å². The van der Waals surface area contributed by atoms with Crippen molar-refractivity contribution in [3.63, 3.8) is 0 Å². The topological polar surface area (TPSA) is 73.6 Å². The molecule has 0 bridgehead atoms. The number of carbonyl (C=O) groups is 1. The van der Waals surface area contributed by atoms with Gasteiger partial charge >= 0.3 is 0 Å². The first-order valence-electron chi connectivity index (χ1n) is 8.62. The van der Waals surface area contributed by atoms with Crippen LogP contribution < -0.4 is 14.8 Å². The molecule has 0 spiro atoms. The van der Waals surface area contributed by atoms with Crippen molar-refractivity contribution in [1.82, 2.24) is 10.5 Å². The smallest absolute Gasteiger partial charge is 0.232 e. The summed E-state index contributed by atoms with van der Waals surface area (Å²) in [5.74, 6) is 1.94. The minimum absolute atomic E-state index is 0.0492. The molecule has 25 heavy (non-hydrogen) atoms. The summed E-state index contributed by atoms with van der Waals surface area (Å²) >= 11 is 0. The molecule has 134 valence electrons. The Kier molecular flexibility index (Phi) is 4.97. The van der Waals surface area contributed by atoms with Crippen molar-refractivity contribution in [3.05, 3.63) is 30.0 Å². The summed E-state index contributed by atoms with van der Waals surface area (Å²) in [6.45, 7) is 2.81. The van der Waals surface area contributed by atoms with Crippen LogP contribution in [0.2, 0.25) is 0 Å². The molecule has 1 fully saturated rings. The third-order valence-corrected chi connectivity index (χ3v) is 4.67. The van der Waals surface area contributed by atoms with Crippen molar-refractivity contribution >= 4 is 5.91 Å². The van der Waals surface area contributed by atoms with Crippen LogP contribution in [0.5, 0.6) is 11.5 Å². The number of nitrogens with one attached hydrogen (secondary N) is 1. The van der Waals surface area contributed by atoms with Gasteiger partial charge < -0.3 is 19.3 Å². The van der Waals surface area contributed by atoms with Crippen LogP contribution in [0, 0.1) is 0 Å². The average Bonchev–Trinajstić information content (AvgIpc) is 3.31. The van der Waals surface area contributed by atoms with E-state index in [4.69, 9.17) is 14.0 Å². The summed E-state index contributed by atoms with van der Waals surface area (Å²) in [6.07, 6.45) is 3.66. The zero-order valence-corrected chi connectivity index (χ0v) is 14.9. The number of nitrogens with zero attached hydrogens (tertiary/aromatic N) is 1. The molecule has 1 heterocycles. The number of carbonyl (C=O) groups excluding carboxylic acids is 1. The molecule has 1 N–H and O–H groups in total. The molecule has 1 aromatic carbocycles. The fourth-order valence-corrected chi connectivity index (χ4v) is 2.90. The van der Waals surface area contributed by atoms with Crippen LogP contribution in [0.25, 0.3) is 11.3 Å². The van der Waals surface area contributed by atoms with Crippen molar-refractivity contribution in [2.45, 2.75) is 38.0 Å². The number of rotatable bonds is 8. The van der Waals surface area contributed by atoms with Gasteiger partial charge in [-0.2, -0.15) is 0 Å². The number of ether oxygens (including phenoxy) is 2. The number of hydrogen-bond donors (Lipinski definition) is 1. The van der Waals surface area contributed by atoms with Crippen LogP contribution in [0.15, 0.2) is 28.8 Å². The Morgan fingerprint density at radius 1 is 1.24 bits per heavy atom. The molecule has 6 nitrogen and oxygen atoms in total. The molecule has 0 atom stereocenters. The molecule has 3 rings (SSSR count). The van der Waals surface area contributed by atoms with Crippen molar-refractivity contribution < 1.29 is 18.8 Å². The normalized spacial score (nSPS) is 14.8. The van der Waals surface area contributed by atoms with E-state index in [9.17, 15) is 4.79 Å². The maximum atomic E-state index is 12.5. The second kappa shape index (κ2) is 7.17. The number of unbranched alkanes of at least 4 members (excludes halogenated alkanes) is 1. The minimum atomic E-state index is -0.522. The Balaban J connectivity index is 1.80. The number of benzene rings is 1. The van der Waals surface area contributed by atoms with Gasteiger partial charge in [-0.15, -0.1) is 0 Å². The molecular formula is C19H24N2O4. The molecule has 2 aromatic rings. The summed E-state index contributed by atoms with van der Waals surface area (Å²) in [5, 5.41) is 7.18. The van der Waals surface area contributed by atoms with Crippen LogP contribution in [0.1, 0.15) is 38.3 Å². The van der Waals surface area contributed by atoms with E-state index in [0.717, 1.165) is 31.2 Å². The Morgan fingerprint density at radius 3 is 2.64 bits per heavy atom. The third kappa shape index (κ3) is 3.34. The average molecular weight is 344 g/mol. The lowest BCUT2D eigenvalue weighted by atomic mass is 10.00. The monoisotopic (exact) mass is 344 g/mol. The number of methoxy groups -OCH3 is 2. The summed E-state index contributed by atoms with van der Waals surface area (Å²) in [4.78, 5) is 12.5. The Hall–Kier alpha value is -2.50. The van der Waals surface area contributed by atoms with Crippen molar-refractivity contribution in [2.24, 2.45) is 0 Å². The van der Waals surface area contributed by atoms with Crippen LogP contribution >= 0.6 is 0 Å². The lowest BCUT2D eigenvalue weighted by Gasteiger charge is -2.11. The number of aromatic nitrogens is 1. The molecule has 1 amide bonds. The second-order valence-corrected chi connectivity index (χ2v) is 6.34. The van der Waals surface area contributed by atoms with Gasteiger partial charge in [0.05, 0.1) is 25.3 Å². The van der Waals surface area contributed by atoms with Gasteiger partial charge in [0.15, 0.2) is 17.3 Å².